The van der Waals surface area contributed by atoms with Crippen LogP contribution in [-0.2, 0) is 9.53 Å². The van der Waals surface area contributed by atoms with Gasteiger partial charge in [-0.2, -0.15) is 0 Å². The highest BCUT2D eigenvalue weighted by Crippen LogP contribution is 2.39. The number of nitrogens with zero attached hydrogens (tertiary/aromatic N) is 3. The number of carbonyl (C=O) groups is 1. The molecule has 6 nitrogen and oxygen atoms in total. The molecule has 0 amide bonds. The molecule has 0 unspecified atom stereocenters. The molecule has 0 bridgehead atoms. The summed E-state index contributed by atoms with van der Waals surface area (Å²) in [5.41, 5.74) is 2.53. The van der Waals surface area contributed by atoms with Crippen LogP contribution >= 0.6 is 23.8 Å². The molecule has 166 valence electrons. The molecule has 3 aromatic rings. The molecule has 0 aliphatic carbocycles. The second-order valence-electron chi connectivity index (χ2n) is 7.40. The summed E-state index contributed by atoms with van der Waals surface area (Å²) in [5, 5.41) is 4.03. The zero-order valence-corrected chi connectivity index (χ0v) is 18.9. The van der Waals surface area contributed by atoms with Crippen LogP contribution < -0.4 is 5.32 Å². The van der Waals surface area contributed by atoms with Gasteiger partial charge in [-0.05, 0) is 61.1 Å². The molecule has 0 radical (unpaired) electrons. The standard InChI is InChI=1S/C23H22ClFN4O2S/c1-31-20(30)8-5-13-29-22(21(27-23(29)32)18-6-2-3-11-26-18)19-7-4-12-28(19)15-9-10-17(25)16(24)14-15/h2-4,6-7,9-12,14,21-22H,5,8,13H2,1H3,(H,27,32)/t21-,22+/m0/s1. The lowest BCUT2D eigenvalue weighted by molar-refractivity contribution is -0.140. The molecule has 2 aromatic heterocycles. The van der Waals surface area contributed by atoms with Crippen molar-refractivity contribution in [3.63, 3.8) is 0 Å². The van der Waals surface area contributed by atoms with Gasteiger partial charge in [-0.25, -0.2) is 4.39 Å². The van der Waals surface area contributed by atoms with Crippen molar-refractivity contribution in [2.45, 2.75) is 24.9 Å². The van der Waals surface area contributed by atoms with Crippen LogP contribution in [-0.4, -0.2) is 39.2 Å². The number of pyridine rings is 1. The maximum atomic E-state index is 13.7. The summed E-state index contributed by atoms with van der Waals surface area (Å²) in [6.07, 6.45) is 4.53. The van der Waals surface area contributed by atoms with Crippen molar-refractivity contribution >= 4 is 34.9 Å². The Morgan fingerprint density at radius 1 is 1.28 bits per heavy atom. The summed E-state index contributed by atoms with van der Waals surface area (Å²) in [6, 6.07) is 13.9. The second-order valence-corrected chi connectivity index (χ2v) is 8.20. The summed E-state index contributed by atoms with van der Waals surface area (Å²) in [7, 11) is 1.38. The molecule has 0 saturated carbocycles. The fraction of sp³-hybridized carbons (Fsp3) is 0.261. The molecule has 1 fully saturated rings. The number of rotatable bonds is 7. The van der Waals surface area contributed by atoms with E-state index in [4.69, 9.17) is 28.6 Å². The van der Waals surface area contributed by atoms with Crippen LogP contribution in [0, 0.1) is 5.82 Å². The van der Waals surface area contributed by atoms with Crippen LogP contribution in [0.5, 0.6) is 0 Å². The van der Waals surface area contributed by atoms with Crippen LogP contribution in [0.2, 0.25) is 5.02 Å². The lowest BCUT2D eigenvalue weighted by Gasteiger charge is -2.29. The van der Waals surface area contributed by atoms with E-state index in [0.717, 1.165) is 17.1 Å². The quantitative estimate of drug-likeness (QED) is 0.401. The Balaban J connectivity index is 1.72. The lowest BCUT2D eigenvalue weighted by Crippen LogP contribution is -2.31. The van der Waals surface area contributed by atoms with Gasteiger partial charge in [0.05, 0.1) is 29.9 Å². The van der Waals surface area contributed by atoms with Gasteiger partial charge < -0.3 is 19.5 Å². The van der Waals surface area contributed by atoms with Crippen LogP contribution in [0.4, 0.5) is 4.39 Å². The molecular formula is C23H22ClFN4O2S. The van der Waals surface area contributed by atoms with E-state index >= 15 is 0 Å². The van der Waals surface area contributed by atoms with E-state index in [1.807, 2.05) is 41.1 Å². The minimum atomic E-state index is -0.469. The van der Waals surface area contributed by atoms with Gasteiger partial charge in [0, 0.05) is 36.7 Å². The second kappa shape index (κ2) is 9.67. The molecule has 32 heavy (non-hydrogen) atoms. The number of ether oxygens (including phenoxy) is 1. The minimum absolute atomic E-state index is 0.0541. The van der Waals surface area contributed by atoms with E-state index in [-0.39, 0.29) is 23.1 Å². The van der Waals surface area contributed by atoms with Crippen LogP contribution in [0.25, 0.3) is 5.69 Å². The summed E-state index contributed by atoms with van der Waals surface area (Å²) >= 11 is 11.7. The fourth-order valence-electron chi connectivity index (χ4n) is 3.97. The topological polar surface area (TPSA) is 59.4 Å². The molecular weight excluding hydrogens is 451 g/mol. The molecule has 1 aliphatic heterocycles. The van der Waals surface area contributed by atoms with E-state index in [9.17, 15) is 9.18 Å². The number of halogens is 2. The fourth-order valence-corrected chi connectivity index (χ4v) is 4.48. The van der Waals surface area contributed by atoms with E-state index in [1.165, 1.54) is 13.2 Å². The molecule has 1 N–H and O–H groups in total. The van der Waals surface area contributed by atoms with Gasteiger partial charge in [0.1, 0.15) is 5.82 Å². The summed E-state index contributed by atoms with van der Waals surface area (Å²) in [6.45, 7) is 0.560. The first-order chi connectivity index (χ1) is 15.5. The summed E-state index contributed by atoms with van der Waals surface area (Å²) < 4.78 is 20.5. The molecule has 1 saturated heterocycles. The van der Waals surface area contributed by atoms with Gasteiger partial charge in [-0.3, -0.25) is 9.78 Å². The number of hydrogen-bond acceptors (Lipinski definition) is 4. The zero-order chi connectivity index (χ0) is 22.7. The minimum Gasteiger partial charge on any atom is -0.469 e. The first-order valence-electron chi connectivity index (χ1n) is 10.2. The molecule has 3 heterocycles. The Morgan fingerprint density at radius 3 is 2.84 bits per heavy atom. The Bertz CT molecular complexity index is 1120. The largest absolute Gasteiger partial charge is 0.469 e. The Hall–Kier alpha value is -2.97. The molecule has 4 rings (SSSR count). The monoisotopic (exact) mass is 472 g/mol. The summed E-state index contributed by atoms with van der Waals surface area (Å²) in [5.74, 6) is -0.728. The summed E-state index contributed by atoms with van der Waals surface area (Å²) in [4.78, 5) is 18.2. The number of aromatic nitrogens is 2. The number of thiocarbonyl (C=S) groups is 1. The number of esters is 1. The van der Waals surface area contributed by atoms with Gasteiger partial charge in [0.15, 0.2) is 5.11 Å². The maximum Gasteiger partial charge on any atom is 0.305 e. The predicted octanol–water partition coefficient (Wildman–Crippen LogP) is 4.59. The highest BCUT2D eigenvalue weighted by Gasteiger charge is 2.41. The smallest absolute Gasteiger partial charge is 0.305 e. The SMILES string of the molecule is COC(=O)CCCN1C(=S)N[C@@H](c2ccccn2)[C@H]1c1cccn1-c1ccc(F)c(Cl)c1. The van der Waals surface area contributed by atoms with Crippen LogP contribution in [0.15, 0.2) is 60.9 Å². The highest BCUT2D eigenvalue weighted by atomic mass is 35.5. The molecule has 1 aromatic carbocycles. The van der Waals surface area contributed by atoms with Crippen molar-refractivity contribution in [1.29, 1.82) is 0 Å². The third kappa shape index (κ3) is 4.47. The van der Waals surface area contributed by atoms with Gasteiger partial charge in [-0.15, -0.1) is 0 Å². The van der Waals surface area contributed by atoms with Crippen molar-refractivity contribution in [3.8, 4) is 5.69 Å². The van der Waals surface area contributed by atoms with Crippen LogP contribution in [0.3, 0.4) is 0 Å². The zero-order valence-electron chi connectivity index (χ0n) is 17.4. The van der Waals surface area contributed by atoms with E-state index in [0.29, 0.717) is 24.5 Å². The van der Waals surface area contributed by atoms with Crippen molar-refractivity contribution in [3.05, 3.63) is 83.2 Å². The normalized spacial score (nSPS) is 18.0. The number of nitrogens with one attached hydrogen (secondary N) is 1. The van der Waals surface area contributed by atoms with Crippen molar-refractivity contribution < 1.29 is 13.9 Å². The number of carbonyl (C=O) groups excluding carboxylic acids is 1. The van der Waals surface area contributed by atoms with Crippen molar-refractivity contribution in [2.75, 3.05) is 13.7 Å². The van der Waals surface area contributed by atoms with E-state index in [1.54, 1.807) is 18.3 Å². The van der Waals surface area contributed by atoms with Crippen LogP contribution in [0.1, 0.15) is 36.3 Å². The third-order valence-corrected chi connectivity index (χ3v) is 6.11. The predicted molar refractivity (Wildman–Crippen MR) is 124 cm³/mol. The Morgan fingerprint density at radius 2 is 2.12 bits per heavy atom. The molecule has 2 atom stereocenters. The molecule has 0 spiro atoms. The lowest BCUT2D eigenvalue weighted by atomic mass is 10.0. The average Bonchev–Trinajstić information content (AvgIpc) is 3.40. The Labute approximate surface area is 196 Å². The third-order valence-electron chi connectivity index (χ3n) is 5.47. The van der Waals surface area contributed by atoms with Crippen molar-refractivity contribution in [1.82, 2.24) is 19.8 Å². The van der Waals surface area contributed by atoms with E-state index in [2.05, 4.69) is 15.2 Å². The number of hydrogen-bond donors (Lipinski definition) is 1. The first-order valence-corrected chi connectivity index (χ1v) is 11.0. The maximum absolute atomic E-state index is 13.7. The van der Waals surface area contributed by atoms with Gasteiger partial charge in [-0.1, -0.05) is 17.7 Å². The highest BCUT2D eigenvalue weighted by molar-refractivity contribution is 7.80. The molecule has 1 aliphatic rings. The van der Waals surface area contributed by atoms with Gasteiger partial charge in [0.25, 0.3) is 0 Å². The first kappa shape index (κ1) is 22.2. The Kier molecular flexibility index (Phi) is 6.72. The average molecular weight is 473 g/mol. The molecule has 9 heteroatoms. The van der Waals surface area contributed by atoms with Crippen molar-refractivity contribution in [2.24, 2.45) is 0 Å². The van der Waals surface area contributed by atoms with Gasteiger partial charge in [0.2, 0.25) is 0 Å². The number of methoxy groups -OCH3 is 1. The van der Waals surface area contributed by atoms with E-state index < -0.39 is 5.82 Å². The van der Waals surface area contributed by atoms with Gasteiger partial charge >= 0.3 is 5.97 Å². The number of benzene rings is 1.